The molecule has 13 heteroatoms. The van der Waals surface area contributed by atoms with Crippen molar-refractivity contribution < 1.29 is 42.1 Å². The number of nitrogens with zero attached hydrogens (tertiary/aromatic N) is 1. The first-order chi connectivity index (χ1) is 14.7. The molecule has 0 aromatic heterocycles. The fraction of sp³-hybridized carbons (Fsp3) is 0.842. The zero-order chi connectivity index (χ0) is 24.4. The molecular weight excluding hydrogens is 461 g/mol. The number of rotatable bonds is 8. The zero-order valence-electron chi connectivity index (χ0n) is 19.5. The lowest BCUT2D eigenvalue weighted by Gasteiger charge is -2.33. The summed E-state index contributed by atoms with van der Waals surface area (Å²) in [7, 11) is 1.38. The number of esters is 1. The summed E-state index contributed by atoms with van der Waals surface area (Å²) in [6.45, 7) is 3.85. The molecule has 32 heavy (non-hydrogen) atoms. The van der Waals surface area contributed by atoms with E-state index in [-0.39, 0.29) is 38.5 Å². The smallest absolute Gasteiger partial charge is 0.452 e. The van der Waals surface area contributed by atoms with Crippen molar-refractivity contribution in [2.75, 3.05) is 65.5 Å². The van der Waals surface area contributed by atoms with E-state index in [2.05, 4.69) is 10.6 Å². The number of quaternary nitrogens is 1. The molecule has 0 bridgehead atoms. The lowest BCUT2D eigenvalue weighted by Crippen LogP contribution is -2.49. The molecule has 0 saturated carbocycles. The van der Waals surface area contributed by atoms with Crippen LogP contribution in [0.15, 0.2) is 0 Å². The van der Waals surface area contributed by atoms with Crippen molar-refractivity contribution in [3.05, 3.63) is 0 Å². The van der Waals surface area contributed by atoms with Crippen molar-refractivity contribution in [2.24, 2.45) is 5.41 Å². The number of phosphoric ester groups is 1. The van der Waals surface area contributed by atoms with Gasteiger partial charge >= 0.3 is 13.8 Å². The highest BCUT2D eigenvalue weighted by atomic mass is 32.2. The lowest BCUT2D eigenvalue weighted by atomic mass is 9.86. The molecule has 2 atom stereocenters. The van der Waals surface area contributed by atoms with Crippen molar-refractivity contribution in [1.82, 2.24) is 10.6 Å². The second-order valence-corrected chi connectivity index (χ2v) is 11.9. The summed E-state index contributed by atoms with van der Waals surface area (Å²) in [4.78, 5) is 46.8. The van der Waals surface area contributed by atoms with Gasteiger partial charge in [-0.3, -0.25) is 23.4 Å². The second kappa shape index (κ2) is 12.9. The number of carbonyl (C=O) groups is 3. The zero-order valence-corrected chi connectivity index (χ0v) is 21.3. The monoisotopic (exact) mass is 498 g/mol. The van der Waals surface area contributed by atoms with Gasteiger partial charge in [-0.15, -0.1) is 0 Å². The molecule has 1 aliphatic rings. The van der Waals surface area contributed by atoms with E-state index in [0.717, 1.165) is 0 Å². The van der Waals surface area contributed by atoms with E-state index < -0.39 is 31.2 Å². The summed E-state index contributed by atoms with van der Waals surface area (Å²) in [6, 6.07) is 0. The molecule has 1 saturated heterocycles. The standard InChI is InChI=1S/C19H36N3O8PS/c1-19(2,14-29-31(26,27)28-11-10-22(3,4)5)17-18(25)21-8-6-15(23)20-9-13-32-12-7-16(24)30-17/h17H,6-14H2,1-5H3,(H2-,20,21,23,25,26,27)/p+1/t17-/m0/s1. The molecule has 0 spiro atoms. The maximum absolute atomic E-state index is 12.7. The van der Waals surface area contributed by atoms with Crippen molar-refractivity contribution in [2.45, 2.75) is 32.8 Å². The van der Waals surface area contributed by atoms with Crippen LogP contribution in [-0.4, -0.2) is 98.8 Å². The Morgan fingerprint density at radius 1 is 1.12 bits per heavy atom. The molecule has 3 N–H and O–H groups in total. The van der Waals surface area contributed by atoms with Crippen LogP contribution in [-0.2, 0) is 32.7 Å². The third kappa shape index (κ3) is 12.2. The predicted octanol–water partition coefficient (Wildman–Crippen LogP) is 0.524. The lowest BCUT2D eigenvalue weighted by molar-refractivity contribution is -0.870. The van der Waals surface area contributed by atoms with Crippen LogP contribution >= 0.6 is 19.6 Å². The van der Waals surface area contributed by atoms with Crippen LogP contribution in [0.25, 0.3) is 0 Å². The van der Waals surface area contributed by atoms with Gasteiger partial charge in [0.1, 0.15) is 13.2 Å². The van der Waals surface area contributed by atoms with Gasteiger partial charge in [-0.2, -0.15) is 11.8 Å². The summed E-state index contributed by atoms with van der Waals surface area (Å²) < 4.78 is 28.3. The molecule has 1 fully saturated rings. The van der Waals surface area contributed by atoms with E-state index in [9.17, 15) is 23.8 Å². The van der Waals surface area contributed by atoms with Crippen molar-refractivity contribution in [3.63, 3.8) is 0 Å². The fourth-order valence-corrected chi connectivity index (χ4v) is 4.19. The van der Waals surface area contributed by atoms with Crippen LogP contribution in [0, 0.1) is 5.41 Å². The fourth-order valence-electron chi connectivity index (χ4n) is 2.55. The van der Waals surface area contributed by atoms with Crippen LogP contribution in [0.4, 0.5) is 0 Å². The normalized spacial score (nSPS) is 22.2. The molecule has 0 aromatic carbocycles. The number of hydrogen-bond acceptors (Lipinski definition) is 8. The first kappa shape index (κ1) is 28.9. The average molecular weight is 499 g/mol. The Bertz CT molecular complexity index is 699. The molecule has 11 nitrogen and oxygen atoms in total. The Hall–Kier alpha value is -1.17. The van der Waals surface area contributed by atoms with Crippen LogP contribution in [0.5, 0.6) is 0 Å². The number of ether oxygens (including phenoxy) is 1. The van der Waals surface area contributed by atoms with Crippen molar-refractivity contribution in [1.29, 1.82) is 0 Å². The van der Waals surface area contributed by atoms with E-state index in [1.807, 2.05) is 21.1 Å². The Morgan fingerprint density at radius 3 is 2.47 bits per heavy atom. The van der Waals surface area contributed by atoms with Crippen molar-refractivity contribution in [3.8, 4) is 0 Å². The topological polar surface area (TPSA) is 140 Å². The number of cyclic esters (lactones) is 1. The number of amides is 2. The molecule has 186 valence electrons. The second-order valence-electron chi connectivity index (χ2n) is 9.20. The van der Waals surface area contributed by atoms with Gasteiger partial charge in [-0.05, 0) is 0 Å². The van der Waals surface area contributed by atoms with E-state index >= 15 is 0 Å². The number of nitrogens with one attached hydrogen (secondary N) is 2. The average Bonchev–Trinajstić information content (AvgIpc) is 2.65. The summed E-state index contributed by atoms with van der Waals surface area (Å²) in [6.07, 6.45) is -1.11. The minimum Gasteiger partial charge on any atom is -0.452 e. The third-order valence-electron chi connectivity index (χ3n) is 4.48. The van der Waals surface area contributed by atoms with Gasteiger partial charge in [0.2, 0.25) is 5.91 Å². The number of thioether (sulfide) groups is 1. The number of likely N-dealkylation sites (N-methyl/N-ethyl adjacent to an activating group) is 1. The number of phosphoric acid groups is 1. The first-order valence-corrected chi connectivity index (χ1v) is 13.1. The minimum atomic E-state index is -4.37. The van der Waals surface area contributed by atoms with Gasteiger partial charge in [-0.1, -0.05) is 13.8 Å². The molecule has 1 heterocycles. The highest BCUT2D eigenvalue weighted by Gasteiger charge is 2.41. The summed E-state index contributed by atoms with van der Waals surface area (Å²) >= 11 is 1.49. The Morgan fingerprint density at radius 2 is 1.81 bits per heavy atom. The molecule has 1 unspecified atom stereocenters. The molecule has 0 aromatic rings. The maximum Gasteiger partial charge on any atom is 0.472 e. The number of hydrogen-bond donors (Lipinski definition) is 3. The third-order valence-corrected chi connectivity index (χ3v) is 6.43. The Balaban J connectivity index is 2.81. The summed E-state index contributed by atoms with van der Waals surface area (Å²) in [5.74, 6) is -0.215. The number of carbonyl (C=O) groups excluding carboxylic acids is 3. The van der Waals surface area contributed by atoms with E-state index in [0.29, 0.717) is 29.1 Å². The molecule has 2 amide bonds. The van der Waals surface area contributed by atoms with Crippen LogP contribution in [0.1, 0.15) is 26.7 Å². The van der Waals surface area contributed by atoms with Gasteiger partial charge < -0.3 is 24.7 Å². The Labute approximate surface area is 194 Å². The van der Waals surface area contributed by atoms with Gasteiger partial charge in [-0.25, -0.2) is 4.57 Å². The summed E-state index contributed by atoms with van der Waals surface area (Å²) in [5, 5.41) is 5.33. The maximum atomic E-state index is 12.7. The van der Waals surface area contributed by atoms with Gasteiger partial charge in [0.05, 0.1) is 34.2 Å². The quantitative estimate of drug-likeness (QED) is 0.248. The highest BCUT2D eigenvalue weighted by molar-refractivity contribution is 7.99. The SMILES string of the molecule is CC(C)(COP(=O)(O)OCC[N+](C)(C)C)[C@H]1OC(=O)CCSCCNC(=O)CCNC1=O. The van der Waals surface area contributed by atoms with Crippen LogP contribution in [0.3, 0.4) is 0 Å². The predicted molar refractivity (Wildman–Crippen MR) is 121 cm³/mol. The van der Waals surface area contributed by atoms with Crippen LogP contribution < -0.4 is 10.6 Å². The molecule has 0 aliphatic carbocycles. The van der Waals surface area contributed by atoms with Gasteiger partial charge in [0.25, 0.3) is 5.91 Å². The minimum absolute atomic E-state index is 0.0103. The largest absolute Gasteiger partial charge is 0.472 e. The Kier molecular flexibility index (Phi) is 11.6. The van der Waals surface area contributed by atoms with Gasteiger partial charge in [0.15, 0.2) is 6.10 Å². The highest BCUT2D eigenvalue weighted by Crippen LogP contribution is 2.45. The van der Waals surface area contributed by atoms with Gasteiger partial charge in [0, 0.05) is 36.4 Å². The summed E-state index contributed by atoms with van der Waals surface area (Å²) in [5.41, 5.74) is -1.14. The first-order valence-electron chi connectivity index (χ1n) is 10.5. The van der Waals surface area contributed by atoms with Crippen LogP contribution in [0.2, 0.25) is 0 Å². The van der Waals surface area contributed by atoms with Crippen molar-refractivity contribution >= 4 is 37.4 Å². The molecular formula is C19H37N3O8PS+. The molecule has 0 radical (unpaired) electrons. The van der Waals surface area contributed by atoms with E-state index in [1.165, 1.54) is 11.8 Å². The molecule has 1 rings (SSSR count). The van der Waals surface area contributed by atoms with E-state index in [4.69, 9.17) is 13.8 Å². The molecule has 1 aliphatic heterocycles. The van der Waals surface area contributed by atoms with E-state index in [1.54, 1.807) is 13.8 Å².